The van der Waals surface area contributed by atoms with Crippen LogP contribution in [0.4, 0.5) is 10.5 Å². The van der Waals surface area contributed by atoms with E-state index < -0.39 is 12.0 Å². The van der Waals surface area contributed by atoms with Gasteiger partial charge in [0.25, 0.3) is 0 Å². The Bertz CT molecular complexity index is 600. The van der Waals surface area contributed by atoms with Crippen LogP contribution in [0.1, 0.15) is 15.9 Å². The summed E-state index contributed by atoms with van der Waals surface area (Å²) in [4.78, 5) is 38.0. The van der Waals surface area contributed by atoms with Gasteiger partial charge in [-0.05, 0) is 18.6 Å². The number of carboxylic acids is 1. The highest BCUT2D eigenvalue weighted by Gasteiger charge is 2.25. The van der Waals surface area contributed by atoms with Gasteiger partial charge in [0.05, 0.1) is 11.3 Å². The molecule has 0 bridgehead atoms. The first-order valence-electron chi connectivity index (χ1n) is 6.53. The number of carbonyl (C=O) groups is 3. The monoisotopic (exact) mass is 291 g/mol. The summed E-state index contributed by atoms with van der Waals surface area (Å²) < 4.78 is 0. The Balaban J connectivity index is 2.15. The van der Waals surface area contributed by atoms with E-state index in [9.17, 15) is 19.5 Å². The van der Waals surface area contributed by atoms with E-state index in [1.54, 1.807) is 31.0 Å². The fourth-order valence-electron chi connectivity index (χ4n) is 2.18. The maximum atomic E-state index is 12.2. The molecular formula is C14H17N3O4. The molecule has 1 aliphatic heterocycles. The predicted molar refractivity (Wildman–Crippen MR) is 76.4 cm³/mol. The van der Waals surface area contributed by atoms with Crippen molar-refractivity contribution in [3.63, 3.8) is 0 Å². The van der Waals surface area contributed by atoms with Crippen LogP contribution in [0.25, 0.3) is 0 Å². The van der Waals surface area contributed by atoms with E-state index >= 15 is 0 Å². The summed E-state index contributed by atoms with van der Waals surface area (Å²) in [5.74, 6) is -1.24. The van der Waals surface area contributed by atoms with Gasteiger partial charge in [-0.1, -0.05) is 12.1 Å². The highest BCUT2D eigenvalue weighted by molar-refractivity contribution is 6.01. The summed E-state index contributed by atoms with van der Waals surface area (Å²) in [7, 11) is 1.68. The van der Waals surface area contributed by atoms with Crippen molar-refractivity contribution in [2.45, 2.75) is 6.92 Å². The predicted octanol–water partition coefficient (Wildman–Crippen LogP) is 0.999. The highest BCUT2D eigenvalue weighted by atomic mass is 16.4. The molecule has 1 heterocycles. The molecule has 0 aromatic heterocycles. The largest absolute Gasteiger partial charge is 0.478 e. The lowest BCUT2D eigenvalue weighted by molar-refractivity contribution is -0.133. The molecule has 3 amide bonds. The van der Waals surface area contributed by atoms with Gasteiger partial charge in [-0.3, -0.25) is 4.79 Å². The molecule has 0 aliphatic carbocycles. The molecule has 0 saturated carbocycles. The van der Waals surface area contributed by atoms with Crippen molar-refractivity contribution in [3.05, 3.63) is 29.3 Å². The number of hydrogen-bond acceptors (Lipinski definition) is 3. The fourth-order valence-corrected chi connectivity index (χ4v) is 2.18. The quantitative estimate of drug-likeness (QED) is 0.850. The zero-order chi connectivity index (χ0) is 15.6. The van der Waals surface area contributed by atoms with E-state index in [2.05, 4.69) is 5.32 Å². The standard InChI is InChI=1S/C14H17N3O4/c1-9-4-3-5-10(12(9)13(19)20)15-14(21)17-7-6-16(2)11(18)8-17/h3-5H,6-8H2,1-2H3,(H,15,21)(H,19,20). The number of urea groups is 1. The van der Waals surface area contributed by atoms with Crippen molar-refractivity contribution in [2.75, 3.05) is 32.0 Å². The molecule has 0 atom stereocenters. The molecule has 7 nitrogen and oxygen atoms in total. The van der Waals surface area contributed by atoms with Crippen LogP contribution in [0.15, 0.2) is 18.2 Å². The lowest BCUT2D eigenvalue weighted by Crippen LogP contribution is -2.51. The maximum Gasteiger partial charge on any atom is 0.338 e. The molecule has 0 unspecified atom stereocenters. The molecule has 0 radical (unpaired) electrons. The molecule has 1 aliphatic rings. The van der Waals surface area contributed by atoms with Crippen molar-refractivity contribution in [1.82, 2.24) is 9.80 Å². The van der Waals surface area contributed by atoms with Crippen LogP contribution in [0.2, 0.25) is 0 Å². The van der Waals surface area contributed by atoms with Gasteiger partial charge in [0.1, 0.15) is 6.54 Å². The second-order valence-electron chi connectivity index (χ2n) is 4.97. The first kappa shape index (κ1) is 14.8. The van der Waals surface area contributed by atoms with E-state index in [1.165, 1.54) is 11.0 Å². The molecule has 112 valence electrons. The molecule has 7 heteroatoms. The van der Waals surface area contributed by atoms with Gasteiger partial charge in [0, 0.05) is 20.1 Å². The van der Waals surface area contributed by atoms with E-state index in [0.717, 1.165) is 0 Å². The van der Waals surface area contributed by atoms with E-state index in [-0.39, 0.29) is 23.7 Å². The molecule has 0 spiro atoms. The normalized spacial score (nSPS) is 15.0. The van der Waals surface area contributed by atoms with Gasteiger partial charge in [-0.25, -0.2) is 9.59 Å². The first-order valence-corrected chi connectivity index (χ1v) is 6.53. The zero-order valence-corrected chi connectivity index (χ0v) is 11.9. The second-order valence-corrected chi connectivity index (χ2v) is 4.97. The average molecular weight is 291 g/mol. The Labute approximate surface area is 122 Å². The summed E-state index contributed by atoms with van der Waals surface area (Å²) in [5.41, 5.74) is 0.861. The molecule has 1 aromatic rings. The minimum absolute atomic E-state index is 0.00342. The van der Waals surface area contributed by atoms with E-state index in [4.69, 9.17) is 0 Å². The second kappa shape index (κ2) is 5.82. The van der Waals surface area contributed by atoms with Gasteiger partial charge in [0.2, 0.25) is 5.91 Å². The van der Waals surface area contributed by atoms with Gasteiger partial charge >= 0.3 is 12.0 Å². The van der Waals surface area contributed by atoms with Gasteiger partial charge < -0.3 is 20.2 Å². The number of likely N-dealkylation sites (N-methyl/N-ethyl adjacent to an activating group) is 1. The van der Waals surface area contributed by atoms with Crippen molar-refractivity contribution in [1.29, 1.82) is 0 Å². The van der Waals surface area contributed by atoms with Crippen LogP contribution in [0.3, 0.4) is 0 Å². The van der Waals surface area contributed by atoms with Crippen LogP contribution in [-0.2, 0) is 4.79 Å². The molecule has 21 heavy (non-hydrogen) atoms. The maximum absolute atomic E-state index is 12.2. The van der Waals surface area contributed by atoms with Crippen molar-refractivity contribution in [3.8, 4) is 0 Å². The SMILES string of the molecule is Cc1cccc(NC(=O)N2CCN(C)C(=O)C2)c1C(=O)O. The number of piperazine rings is 1. The summed E-state index contributed by atoms with van der Waals surface area (Å²) in [6.07, 6.45) is 0. The number of anilines is 1. The number of carbonyl (C=O) groups excluding carboxylic acids is 2. The lowest BCUT2D eigenvalue weighted by atomic mass is 10.1. The number of amides is 3. The highest BCUT2D eigenvalue weighted by Crippen LogP contribution is 2.20. The van der Waals surface area contributed by atoms with Gasteiger partial charge in [-0.2, -0.15) is 0 Å². The number of hydrogen-bond donors (Lipinski definition) is 2. The zero-order valence-electron chi connectivity index (χ0n) is 11.9. The third-order valence-electron chi connectivity index (χ3n) is 3.47. The molecule has 2 rings (SSSR count). The van der Waals surface area contributed by atoms with Crippen LogP contribution in [0.5, 0.6) is 0 Å². The lowest BCUT2D eigenvalue weighted by Gasteiger charge is -2.32. The number of aromatic carboxylic acids is 1. The molecule has 2 N–H and O–H groups in total. The van der Waals surface area contributed by atoms with Crippen molar-refractivity contribution < 1.29 is 19.5 Å². The summed E-state index contributed by atoms with van der Waals surface area (Å²) in [6, 6.07) is 4.40. The van der Waals surface area contributed by atoms with E-state index in [0.29, 0.717) is 18.7 Å². The Hall–Kier alpha value is -2.57. The third kappa shape index (κ3) is 3.13. The minimum Gasteiger partial charge on any atom is -0.478 e. The first-order chi connectivity index (χ1) is 9.90. The summed E-state index contributed by atoms with van der Waals surface area (Å²) in [6.45, 7) is 2.54. The number of aryl methyl sites for hydroxylation is 1. The Morgan fingerprint density at radius 1 is 1.29 bits per heavy atom. The Morgan fingerprint density at radius 2 is 2.00 bits per heavy atom. The number of carboxylic acid groups (broad SMARTS) is 1. The third-order valence-corrected chi connectivity index (χ3v) is 3.47. The number of rotatable bonds is 2. The Kier molecular flexibility index (Phi) is 4.11. The smallest absolute Gasteiger partial charge is 0.338 e. The minimum atomic E-state index is -1.10. The van der Waals surface area contributed by atoms with Crippen molar-refractivity contribution in [2.24, 2.45) is 0 Å². The summed E-state index contributed by atoms with van der Waals surface area (Å²) in [5, 5.41) is 11.8. The fraction of sp³-hybridized carbons (Fsp3) is 0.357. The number of nitrogens with zero attached hydrogens (tertiary/aromatic N) is 2. The topological polar surface area (TPSA) is 90.0 Å². The molecule has 1 saturated heterocycles. The van der Waals surface area contributed by atoms with E-state index in [1.807, 2.05) is 0 Å². The number of benzene rings is 1. The van der Waals surface area contributed by atoms with Crippen LogP contribution < -0.4 is 5.32 Å². The van der Waals surface area contributed by atoms with Crippen LogP contribution >= 0.6 is 0 Å². The summed E-state index contributed by atoms with van der Waals surface area (Å²) >= 11 is 0. The van der Waals surface area contributed by atoms with Crippen molar-refractivity contribution >= 4 is 23.6 Å². The molecular weight excluding hydrogens is 274 g/mol. The van der Waals surface area contributed by atoms with Gasteiger partial charge in [-0.15, -0.1) is 0 Å². The van der Waals surface area contributed by atoms with Crippen LogP contribution in [-0.4, -0.2) is 59.5 Å². The molecule has 1 fully saturated rings. The van der Waals surface area contributed by atoms with Crippen LogP contribution in [0, 0.1) is 6.92 Å². The van der Waals surface area contributed by atoms with Gasteiger partial charge in [0.15, 0.2) is 0 Å². The molecule has 1 aromatic carbocycles. The average Bonchev–Trinajstić information content (AvgIpc) is 2.41. The Morgan fingerprint density at radius 3 is 2.62 bits per heavy atom. The number of nitrogens with one attached hydrogen (secondary N) is 1.